The predicted octanol–water partition coefficient (Wildman–Crippen LogP) is 1.08. The lowest BCUT2D eigenvalue weighted by Gasteiger charge is -2.13. The van der Waals surface area contributed by atoms with Crippen molar-refractivity contribution in [2.75, 3.05) is 13.1 Å². The van der Waals surface area contributed by atoms with Crippen LogP contribution in [0.2, 0.25) is 0 Å². The molecule has 1 aliphatic heterocycles. The second kappa shape index (κ2) is 6.63. The largest absolute Gasteiger partial charge is 0.376 e. The van der Waals surface area contributed by atoms with Crippen molar-refractivity contribution < 1.29 is 9.59 Å². The monoisotopic (exact) mass is 343 g/mol. The van der Waals surface area contributed by atoms with Gasteiger partial charge in [-0.05, 0) is 30.8 Å². The van der Waals surface area contributed by atoms with Gasteiger partial charge < -0.3 is 11.1 Å². The maximum Gasteiger partial charge on any atom is 0.261 e. The third-order valence-corrected chi connectivity index (χ3v) is 2.88. The lowest BCUT2D eigenvalue weighted by Crippen LogP contribution is -2.35. The minimum atomic E-state index is -0.231. The van der Waals surface area contributed by atoms with E-state index in [4.69, 9.17) is 5.73 Å². The molecule has 0 aliphatic carbocycles. The Bertz CT molecular complexity index is 486. The van der Waals surface area contributed by atoms with Crippen LogP contribution in [0.15, 0.2) is 24.3 Å². The molecule has 0 unspecified atom stereocenters. The van der Waals surface area contributed by atoms with Crippen molar-refractivity contribution in [3.05, 3.63) is 35.4 Å². The van der Waals surface area contributed by atoms with E-state index in [0.29, 0.717) is 30.6 Å². The van der Waals surface area contributed by atoms with E-state index < -0.39 is 0 Å². The molecule has 5 nitrogen and oxygen atoms in total. The first-order valence-electron chi connectivity index (χ1n) is 5.60. The van der Waals surface area contributed by atoms with Crippen molar-refractivity contribution in [2.45, 2.75) is 6.42 Å². The Morgan fingerprint density at radius 1 is 1.21 bits per heavy atom. The Balaban J connectivity index is 0.00000180. The molecule has 0 atom stereocenters. The molecule has 0 aromatic heterocycles. The van der Waals surface area contributed by atoms with Crippen molar-refractivity contribution >= 4 is 46.1 Å². The number of rotatable bonds is 4. The van der Waals surface area contributed by atoms with E-state index in [9.17, 15) is 9.59 Å². The normalized spacial score (nSPS) is 12.9. The van der Waals surface area contributed by atoms with Crippen LogP contribution in [0.25, 0.3) is 0 Å². The highest BCUT2D eigenvalue weighted by Crippen LogP contribution is 2.22. The van der Waals surface area contributed by atoms with Gasteiger partial charge in [-0.15, -0.1) is 17.0 Å². The Morgan fingerprint density at radius 3 is 2.21 bits per heavy atom. The third-order valence-electron chi connectivity index (χ3n) is 2.74. The number of imide groups is 1. The highest BCUT2D eigenvalue weighted by Gasteiger charge is 2.34. The summed E-state index contributed by atoms with van der Waals surface area (Å²) >= 11 is 4.67. The molecule has 7 heteroatoms. The van der Waals surface area contributed by atoms with E-state index in [2.05, 4.69) is 17.5 Å². The zero-order valence-corrected chi connectivity index (χ0v) is 12.6. The van der Waals surface area contributed by atoms with Gasteiger partial charge in [0.05, 0.1) is 11.1 Å². The summed E-state index contributed by atoms with van der Waals surface area (Å²) in [5, 5.41) is 3.00. The number of hydrogen-bond donors (Lipinski definition) is 2. The van der Waals surface area contributed by atoms with Gasteiger partial charge in [-0.1, -0.05) is 12.1 Å². The maximum absolute atomic E-state index is 12.0. The number of fused-ring (bicyclic) bond motifs is 1. The minimum Gasteiger partial charge on any atom is -0.376 e. The molecule has 0 spiro atoms. The van der Waals surface area contributed by atoms with E-state index in [1.54, 1.807) is 24.3 Å². The molecule has 0 bridgehead atoms. The summed E-state index contributed by atoms with van der Waals surface area (Å²) in [5.41, 5.74) is 6.24. The number of carbonyl (C=O) groups excluding carboxylic acids is 2. The van der Waals surface area contributed by atoms with Crippen LogP contribution in [0, 0.1) is 0 Å². The maximum atomic E-state index is 12.0. The van der Waals surface area contributed by atoms with Gasteiger partial charge in [0.2, 0.25) is 0 Å². The molecular formula is C12H14BrN3O2S. The third kappa shape index (κ3) is 3.30. The van der Waals surface area contributed by atoms with E-state index in [1.165, 1.54) is 4.90 Å². The Labute approximate surface area is 126 Å². The molecule has 1 aromatic carbocycles. The molecule has 0 saturated heterocycles. The summed E-state index contributed by atoms with van der Waals surface area (Å²) in [6.07, 6.45) is 0.614. The van der Waals surface area contributed by atoms with Crippen LogP contribution < -0.4 is 11.1 Å². The number of nitrogens with two attached hydrogens (primary N) is 1. The summed E-state index contributed by atoms with van der Waals surface area (Å²) in [6, 6.07) is 6.84. The highest BCUT2D eigenvalue weighted by molar-refractivity contribution is 8.93. The lowest BCUT2D eigenvalue weighted by atomic mass is 10.1. The molecule has 2 rings (SSSR count). The topological polar surface area (TPSA) is 75.4 Å². The second-order valence-electron chi connectivity index (χ2n) is 3.95. The number of benzene rings is 1. The molecule has 3 N–H and O–H groups in total. The van der Waals surface area contributed by atoms with Crippen molar-refractivity contribution in [1.29, 1.82) is 0 Å². The molecule has 1 aliphatic rings. The Morgan fingerprint density at radius 2 is 1.74 bits per heavy atom. The number of thiocarbonyl (C=S) groups is 1. The first kappa shape index (κ1) is 15.6. The van der Waals surface area contributed by atoms with Crippen molar-refractivity contribution in [1.82, 2.24) is 10.2 Å². The molecule has 0 saturated carbocycles. The molecule has 1 aromatic rings. The summed E-state index contributed by atoms with van der Waals surface area (Å²) < 4.78 is 0. The van der Waals surface area contributed by atoms with Crippen molar-refractivity contribution in [3.8, 4) is 0 Å². The molecule has 1 heterocycles. The van der Waals surface area contributed by atoms with Crippen LogP contribution >= 0.6 is 29.2 Å². The van der Waals surface area contributed by atoms with Crippen LogP contribution in [0.1, 0.15) is 27.1 Å². The Hall–Kier alpha value is -1.47. The molecule has 0 radical (unpaired) electrons. The van der Waals surface area contributed by atoms with E-state index >= 15 is 0 Å². The van der Waals surface area contributed by atoms with Gasteiger partial charge in [0, 0.05) is 13.1 Å². The van der Waals surface area contributed by atoms with Crippen molar-refractivity contribution in [2.24, 2.45) is 5.73 Å². The van der Waals surface area contributed by atoms with Crippen LogP contribution in [0.3, 0.4) is 0 Å². The molecule has 102 valence electrons. The summed E-state index contributed by atoms with van der Waals surface area (Å²) in [7, 11) is 0. The average molecular weight is 344 g/mol. The van der Waals surface area contributed by atoms with Gasteiger partial charge in [0.25, 0.3) is 11.8 Å². The molecular weight excluding hydrogens is 330 g/mol. The number of hydrogen-bond acceptors (Lipinski definition) is 3. The fourth-order valence-electron chi connectivity index (χ4n) is 1.89. The average Bonchev–Trinajstić information content (AvgIpc) is 2.59. The number of halogens is 1. The zero-order chi connectivity index (χ0) is 13.1. The van der Waals surface area contributed by atoms with Crippen LogP contribution in [-0.4, -0.2) is 34.9 Å². The van der Waals surface area contributed by atoms with E-state index in [0.717, 1.165) is 0 Å². The summed E-state index contributed by atoms with van der Waals surface area (Å²) in [4.78, 5) is 25.2. The van der Waals surface area contributed by atoms with Crippen LogP contribution in [0.4, 0.5) is 0 Å². The summed E-state index contributed by atoms with van der Waals surface area (Å²) in [6.45, 7) is 0.907. The quantitative estimate of drug-likeness (QED) is 0.486. The fraction of sp³-hybridized carbons (Fsp3) is 0.250. The van der Waals surface area contributed by atoms with E-state index in [-0.39, 0.29) is 33.9 Å². The lowest BCUT2D eigenvalue weighted by molar-refractivity contribution is 0.0653. The summed E-state index contributed by atoms with van der Waals surface area (Å²) in [5.74, 6) is -0.461. The highest BCUT2D eigenvalue weighted by atomic mass is 79.9. The number of carbonyl (C=O) groups is 2. The van der Waals surface area contributed by atoms with Gasteiger partial charge in [0.15, 0.2) is 5.11 Å². The number of nitrogens with zero attached hydrogens (tertiary/aromatic N) is 1. The minimum absolute atomic E-state index is 0. The van der Waals surface area contributed by atoms with Gasteiger partial charge in [0.1, 0.15) is 0 Å². The second-order valence-corrected chi connectivity index (χ2v) is 4.39. The van der Waals surface area contributed by atoms with Gasteiger partial charge in [-0.25, -0.2) is 0 Å². The first-order chi connectivity index (χ1) is 8.61. The zero-order valence-electron chi connectivity index (χ0n) is 10.1. The number of nitrogens with one attached hydrogen (secondary N) is 1. The SMILES string of the molecule is Br.NC(=S)NCCCN1C(=O)c2ccccc2C1=O. The van der Waals surface area contributed by atoms with E-state index in [1.807, 2.05) is 0 Å². The smallest absolute Gasteiger partial charge is 0.261 e. The van der Waals surface area contributed by atoms with Crippen molar-refractivity contribution in [3.63, 3.8) is 0 Å². The molecule has 19 heavy (non-hydrogen) atoms. The molecule has 0 fully saturated rings. The fourth-order valence-corrected chi connectivity index (χ4v) is 1.99. The Kier molecular flexibility index (Phi) is 5.44. The first-order valence-corrected chi connectivity index (χ1v) is 6.00. The standard InChI is InChI=1S/C12H13N3O2S.BrH/c13-12(18)14-6-3-7-15-10(16)8-4-1-2-5-9(8)11(15)17;/h1-2,4-5H,3,6-7H2,(H3,13,14,18);1H. The van der Waals surface area contributed by atoms with Gasteiger partial charge in [-0.2, -0.15) is 0 Å². The molecule has 2 amide bonds. The van der Waals surface area contributed by atoms with Crippen LogP contribution in [0.5, 0.6) is 0 Å². The van der Waals surface area contributed by atoms with Gasteiger partial charge >= 0.3 is 0 Å². The van der Waals surface area contributed by atoms with Crippen LogP contribution in [-0.2, 0) is 0 Å². The van der Waals surface area contributed by atoms with Gasteiger partial charge in [-0.3, -0.25) is 14.5 Å². The number of amides is 2. The predicted molar refractivity (Wildman–Crippen MR) is 81.5 cm³/mol.